The number of ether oxygens (including phenoxy) is 1. The highest BCUT2D eigenvalue weighted by atomic mass is 32.2. The number of hydrogen-bond acceptors (Lipinski definition) is 2. The maximum atomic E-state index is 11.7. The largest absolute Gasteiger partial charge is 0.375 e. The summed E-state index contributed by atoms with van der Waals surface area (Å²) in [7, 11) is -1.15. The van der Waals surface area contributed by atoms with E-state index in [-0.39, 0.29) is 4.75 Å². The van der Waals surface area contributed by atoms with E-state index in [0.717, 1.165) is 18.7 Å². The smallest absolute Gasteiger partial charge is 0.144 e. The summed E-state index contributed by atoms with van der Waals surface area (Å²) in [6.45, 7) is 9.25. The predicted octanol–water partition coefficient (Wildman–Crippen LogP) is 1.95. The molecule has 14 heavy (non-hydrogen) atoms. The number of nitrogens with zero attached hydrogens (tertiary/aromatic N) is 1. The second kappa shape index (κ2) is 4.53. The molecule has 0 spiro atoms. The molecule has 0 aromatic carbocycles. The van der Waals surface area contributed by atoms with Crippen LogP contribution in [0.25, 0.3) is 0 Å². The van der Waals surface area contributed by atoms with E-state index < -0.39 is 11.0 Å². The van der Waals surface area contributed by atoms with Crippen molar-refractivity contribution in [3.05, 3.63) is 0 Å². The van der Waals surface area contributed by atoms with E-state index in [1.807, 2.05) is 20.8 Å². The monoisotopic (exact) mass is 217 g/mol. The first kappa shape index (κ1) is 11.9. The molecule has 0 aromatic rings. The van der Waals surface area contributed by atoms with Crippen LogP contribution in [0, 0.1) is 5.92 Å². The first-order valence-electron chi connectivity index (χ1n) is 4.98. The topological polar surface area (TPSA) is 38.7 Å². The van der Waals surface area contributed by atoms with E-state index in [4.69, 9.17) is 4.74 Å². The van der Waals surface area contributed by atoms with E-state index in [1.165, 1.54) is 0 Å². The molecule has 0 saturated carbocycles. The van der Waals surface area contributed by atoms with Gasteiger partial charge in [-0.2, -0.15) is 4.40 Å². The molecule has 0 unspecified atom stereocenters. The second-order valence-corrected chi connectivity index (χ2v) is 6.59. The van der Waals surface area contributed by atoms with Gasteiger partial charge in [-0.3, -0.25) is 0 Å². The first-order chi connectivity index (χ1) is 6.41. The molecule has 0 aromatic heterocycles. The zero-order valence-electron chi connectivity index (χ0n) is 9.37. The molecule has 1 aliphatic heterocycles. The van der Waals surface area contributed by atoms with Gasteiger partial charge in [0.2, 0.25) is 0 Å². The van der Waals surface area contributed by atoms with Crippen LogP contribution in [0.15, 0.2) is 4.40 Å². The standard InChI is InChI=1S/C10H19NO2S/c1-8-5-6-13-7-9(8)11-14(12)10(2,3)4/h8H,5-7H2,1-4H3/t8-,14+/m0/s1. The van der Waals surface area contributed by atoms with Crippen LogP contribution in [0.4, 0.5) is 0 Å². The summed E-state index contributed by atoms with van der Waals surface area (Å²) in [6, 6.07) is 0. The molecule has 4 heteroatoms. The van der Waals surface area contributed by atoms with Crippen molar-refractivity contribution in [1.82, 2.24) is 0 Å². The molecule has 0 aliphatic carbocycles. The SMILES string of the molecule is C[C@H]1CCOCC1=N[S@](=O)C(C)(C)C. The Hall–Kier alpha value is -0.220. The zero-order valence-corrected chi connectivity index (χ0v) is 10.2. The normalized spacial score (nSPS) is 29.1. The Labute approximate surface area is 88.5 Å². The quantitative estimate of drug-likeness (QED) is 0.673. The maximum absolute atomic E-state index is 11.7. The van der Waals surface area contributed by atoms with Crippen LogP contribution < -0.4 is 0 Å². The van der Waals surface area contributed by atoms with Crippen molar-refractivity contribution in [3.8, 4) is 0 Å². The van der Waals surface area contributed by atoms with Gasteiger partial charge in [-0.25, -0.2) is 4.21 Å². The van der Waals surface area contributed by atoms with Crippen molar-refractivity contribution in [2.75, 3.05) is 13.2 Å². The Bertz CT molecular complexity index is 255. The third-order valence-corrected chi connectivity index (χ3v) is 3.69. The molecule has 1 heterocycles. The van der Waals surface area contributed by atoms with Crippen LogP contribution in [0.2, 0.25) is 0 Å². The van der Waals surface area contributed by atoms with Crippen molar-refractivity contribution in [1.29, 1.82) is 0 Å². The average molecular weight is 217 g/mol. The molecule has 2 atom stereocenters. The molecule has 3 nitrogen and oxygen atoms in total. The van der Waals surface area contributed by atoms with Gasteiger partial charge in [-0.1, -0.05) is 6.92 Å². The van der Waals surface area contributed by atoms with Crippen LogP contribution in [0.5, 0.6) is 0 Å². The van der Waals surface area contributed by atoms with E-state index in [9.17, 15) is 4.21 Å². The maximum Gasteiger partial charge on any atom is 0.144 e. The van der Waals surface area contributed by atoms with Gasteiger partial charge in [-0.05, 0) is 33.1 Å². The summed E-state index contributed by atoms with van der Waals surface area (Å²) in [5.74, 6) is 0.412. The molecule has 1 rings (SSSR count). The minimum absolute atomic E-state index is 0.274. The van der Waals surface area contributed by atoms with Gasteiger partial charge in [0.25, 0.3) is 0 Å². The van der Waals surface area contributed by atoms with E-state index >= 15 is 0 Å². The van der Waals surface area contributed by atoms with Gasteiger partial charge in [0, 0.05) is 6.61 Å². The summed E-state index contributed by atoms with van der Waals surface area (Å²) in [6.07, 6.45) is 0.986. The Kier molecular flexibility index (Phi) is 3.84. The van der Waals surface area contributed by atoms with E-state index in [0.29, 0.717) is 12.5 Å². The van der Waals surface area contributed by atoms with Gasteiger partial charge in [0.1, 0.15) is 11.0 Å². The lowest BCUT2D eigenvalue weighted by Crippen LogP contribution is -2.28. The Morgan fingerprint density at radius 3 is 2.64 bits per heavy atom. The highest BCUT2D eigenvalue weighted by Crippen LogP contribution is 2.17. The summed E-state index contributed by atoms with van der Waals surface area (Å²) in [4.78, 5) is 0. The third kappa shape index (κ3) is 3.17. The van der Waals surface area contributed by atoms with Crippen molar-refractivity contribution >= 4 is 16.7 Å². The van der Waals surface area contributed by atoms with Crippen LogP contribution in [-0.2, 0) is 15.7 Å². The molecule has 1 aliphatic rings. The lowest BCUT2D eigenvalue weighted by Gasteiger charge is -2.22. The van der Waals surface area contributed by atoms with E-state index in [1.54, 1.807) is 0 Å². The van der Waals surface area contributed by atoms with Crippen molar-refractivity contribution in [2.24, 2.45) is 10.3 Å². The summed E-state index contributed by atoms with van der Waals surface area (Å²) < 4.78 is 21.0. The average Bonchev–Trinajstić information content (AvgIpc) is 2.07. The Morgan fingerprint density at radius 1 is 1.50 bits per heavy atom. The van der Waals surface area contributed by atoms with Crippen molar-refractivity contribution in [2.45, 2.75) is 38.9 Å². The fourth-order valence-corrected chi connectivity index (χ4v) is 1.82. The Balaban J connectivity index is 2.71. The highest BCUT2D eigenvalue weighted by molar-refractivity contribution is 7.85. The molecule has 0 radical (unpaired) electrons. The van der Waals surface area contributed by atoms with Gasteiger partial charge in [-0.15, -0.1) is 0 Å². The fraction of sp³-hybridized carbons (Fsp3) is 0.900. The zero-order chi connectivity index (χ0) is 10.8. The summed E-state index contributed by atoms with van der Waals surface area (Å²) >= 11 is 0. The van der Waals surface area contributed by atoms with Crippen LogP contribution in [0.1, 0.15) is 34.1 Å². The number of hydrogen-bond donors (Lipinski definition) is 0. The fourth-order valence-electron chi connectivity index (χ4n) is 1.11. The third-order valence-electron chi connectivity index (χ3n) is 2.24. The molecule has 82 valence electrons. The van der Waals surface area contributed by atoms with Crippen molar-refractivity contribution in [3.63, 3.8) is 0 Å². The molecular weight excluding hydrogens is 198 g/mol. The van der Waals surface area contributed by atoms with Crippen LogP contribution in [0.3, 0.4) is 0 Å². The van der Waals surface area contributed by atoms with Gasteiger partial charge < -0.3 is 4.74 Å². The summed E-state index contributed by atoms with van der Waals surface area (Å²) in [5, 5.41) is 0. The molecular formula is C10H19NO2S. The Morgan fingerprint density at radius 2 is 2.14 bits per heavy atom. The minimum Gasteiger partial charge on any atom is -0.375 e. The first-order valence-corrected chi connectivity index (χ1v) is 6.09. The van der Waals surface area contributed by atoms with Gasteiger partial charge in [0.05, 0.1) is 17.1 Å². The number of rotatable bonds is 1. The lowest BCUT2D eigenvalue weighted by atomic mass is 10.0. The predicted molar refractivity (Wildman–Crippen MR) is 59.9 cm³/mol. The van der Waals surface area contributed by atoms with Crippen molar-refractivity contribution < 1.29 is 8.95 Å². The highest BCUT2D eigenvalue weighted by Gasteiger charge is 2.23. The van der Waals surface area contributed by atoms with Gasteiger partial charge >= 0.3 is 0 Å². The molecule has 0 N–H and O–H groups in total. The molecule has 0 amide bonds. The lowest BCUT2D eigenvalue weighted by molar-refractivity contribution is 0.141. The molecule has 1 fully saturated rings. The van der Waals surface area contributed by atoms with Crippen LogP contribution >= 0.6 is 0 Å². The van der Waals surface area contributed by atoms with Gasteiger partial charge in [0.15, 0.2) is 0 Å². The van der Waals surface area contributed by atoms with E-state index in [2.05, 4.69) is 11.3 Å². The molecule has 1 saturated heterocycles. The minimum atomic E-state index is -1.15. The second-order valence-electron chi connectivity index (χ2n) is 4.69. The van der Waals surface area contributed by atoms with Crippen LogP contribution in [-0.4, -0.2) is 27.9 Å². The summed E-state index contributed by atoms with van der Waals surface area (Å²) in [5.41, 5.74) is 0.949. The molecule has 0 bridgehead atoms.